The summed E-state index contributed by atoms with van der Waals surface area (Å²) in [5.74, 6) is 0. The van der Waals surface area contributed by atoms with E-state index in [1.165, 1.54) is 0 Å². The van der Waals surface area contributed by atoms with E-state index in [1.807, 2.05) is 25.5 Å². The number of hydrogen-bond acceptors (Lipinski definition) is 2. The normalized spacial score (nSPS) is 18.9. The predicted octanol–water partition coefficient (Wildman–Crippen LogP) is 0.516. The fourth-order valence-corrected chi connectivity index (χ4v) is 0.611. The Morgan fingerprint density at radius 1 is 1.62 bits per heavy atom. The summed E-state index contributed by atoms with van der Waals surface area (Å²) in [6, 6.07) is 0. The molecule has 0 aromatic heterocycles. The first-order valence-electron chi connectivity index (χ1n) is 2.76. The van der Waals surface area contributed by atoms with E-state index in [-0.39, 0.29) is 0 Å². The highest BCUT2D eigenvalue weighted by atomic mass is 15.1. The Labute approximate surface area is 49.5 Å². The zero-order valence-corrected chi connectivity index (χ0v) is 5.04. The number of aliphatic imine (C=N–C) groups is 1. The molecule has 0 amide bonds. The molecular weight excluding hydrogens is 100 g/mol. The van der Waals surface area contributed by atoms with E-state index in [0.29, 0.717) is 0 Å². The largest absolute Gasteiger partial charge is 0.379 e. The molecule has 0 saturated heterocycles. The van der Waals surface area contributed by atoms with E-state index in [1.54, 1.807) is 0 Å². The van der Waals surface area contributed by atoms with Crippen LogP contribution in [0.5, 0.6) is 0 Å². The van der Waals surface area contributed by atoms with Gasteiger partial charge in [-0.25, -0.2) is 0 Å². The molecule has 8 heavy (non-hydrogen) atoms. The van der Waals surface area contributed by atoms with Gasteiger partial charge >= 0.3 is 0 Å². The van der Waals surface area contributed by atoms with Crippen molar-refractivity contribution in [1.82, 2.24) is 4.90 Å². The van der Waals surface area contributed by atoms with Crippen LogP contribution in [0.4, 0.5) is 0 Å². The first-order chi connectivity index (χ1) is 3.89. The molecule has 0 aromatic rings. The first kappa shape index (κ1) is 5.35. The standard InChI is InChI=1S/C6H10N2/c1-8-5-2-3-7-4-6-8/h2-3,5H,4,6H2,1H3. The second kappa shape index (κ2) is 2.50. The lowest BCUT2D eigenvalue weighted by Crippen LogP contribution is -2.12. The average Bonchev–Trinajstić information content (AvgIpc) is 1.94. The first-order valence-corrected chi connectivity index (χ1v) is 2.76. The molecule has 1 heterocycles. The van der Waals surface area contributed by atoms with E-state index >= 15 is 0 Å². The smallest absolute Gasteiger partial charge is 0.0564 e. The molecule has 0 aliphatic carbocycles. The highest BCUT2D eigenvalue weighted by molar-refractivity contribution is 5.71. The molecule has 44 valence electrons. The molecule has 1 aliphatic heterocycles. The van der Waals surface area contributed by atoms with Crippen LogP contribution in [0.3, 0.4) is 0 Å². The van der Waals surface area contributed by atoms with Crippen molar-refractivity contribution in [3.8, 4) is 0 Å². The van der Waals surface area contributed by atoms with Crippen molar-refractivity contribution >= 4 is 6.21 Å². The van der Waals surface area contributed by atoms with Crippen molar-refractivity contribution in [2.45, 2.75) is 0 Å². The fraction of sp³-hybridized carbons (Fsp3) is 0.500. The third-order valence-electron chi connectivity index (χ3n) is 1.11. The van der Waals surface area contributed by atoms with Gasteiger partial charge in [-0.1, -0.05) is 0 Å². The quantitative estimate of drug-likeness (QED) is 0.444. The van der Waals surface area contributed by atoms with E-state index < -0.39 is 0 Å². The molecular formula is C6H10N2. The van der Waals surface area contributed by atoms with Crippen LogP contribution >= 0.6 is 0 Å². The summed E-state index contributed by atoms with van der Waals surface area (Å²) in [5, 5.41) is 0. The van der Waals surface area contributed by atoms with E-state index in [0.717, 1.165) is 13.1 Å². The molecule has 1 aliphatic rings. The molecule has 0 spiro atoms. The average molecular weight is 110 g/mol. The number of nitrogens with zero attached hydrogens (tertiary/aromatic N) is 2. The monoisotopic (exact) mass is 110 g/mol. The zero-order chi connectivity index (χ0) is 5.82. The highest BCUT2D eigenvalue weighted by Gasteiger charge is 1.89. The van der Waals surface area contributed by atoms with Crippen LogP contribution in [0.25, 0.3) is 0 Å². The number of likely N-dealkylation sites (N-methyl/N-ethyl adjacent to an activating group) is 1. The highest BCUT2D eigenvalue weighted by Crippen LogP contribution is 1.87. The third kappa shape index (κ3) is 1.37. The summed E-state index contributed by atoms with van der Waals surface area (Å²) in [6.45, 7) is 1.95. The minimum absolute atomic E-state index is 0.920. The van der Waals surface area contributed by atoms with Gasteiger partial charge in [-0.05, 0) is 6.08 Å². The van der Waals surface area contributed by atoms with Crippen molar-refractivity contribution in [1.29, 1.82) is 0 Å². The van der Waals surface area contributed by atoms with Crippen molar-refractivity contribution in [2.75, 3.05) is 20.1 Å². The lowest BCUT2D eigenvalue weighted by molar-refractivity contribution is 0.472. The molecule has 0 aromatic carbocycles. The van der Waals surface area contributed by atoms with Gasteiger partial charge in [-0.3, -0.25) is 4.99 Å². The number of hydrogen-bond donors (Lipinski definition) is 0. The lowest BCUT2D eigenvalue weighted by atomic mass is 10.6. The van der Waals surface area contributed by atoms with Gasteiger partial charge in [-0.2, -0.15) is 0 Å². The molecule has 0 N–H and O–H groups in total. The topological polar surface area (TPSA) is 15.6 Å². The summed E-state index contributed by atoms with van der Waals surface area (Å²) >= 11 is 0. The summed E-state index contributed by atoms with van der Waals surface area (Å²) in [7, 11) is 2.05. The number of allylic oxidation sites excluding steroid dienone is 1. The molecule has 2 nitrogen and oxygen atoms in total. The summed E-state index contributed by atoms with van der Waals surface area (Å²) in [4.78, 5) is 6.19. The van der Waals surface area contributed by atoms with Crippen LogP contribution in [0, 0.1) is 0 Å². The number of rotatable bonds is 0. The van der Waals surface area contributed by atoms with E-state index in [9.17, 15) is 0 Å². The molecule has 0 radical (unpaired) electrons. The van der Waals surface area contributed by atoms with Crippen LogP contribution in [0.1, 0.15) is 0 Å². The molecule has 0 atom stereocenters. The fourth-order valence-electron chi connectivity index (χ4n) is 0.611. The summed E-state index contributed by atoms with van der Waals surface area (Å²) in [5.41, 5.74) is 0. The second-order valence-electron chi connectivity index (χ2n) is 1.88. The Morgan fingerprint density at radius 3 is 3.38 bits per heavy atom. The maximum Gasteiger partial charge on any atom is 0.0564 e. The van der Waals surface area contributed by atoms with Crippen molar-refractivity contribution in [3.63, 3.8) is 0 Å². The van der Waals surface area contributed by atoms with Crippen LogP contribution in [0.2, 0.25) is 0 Å². The van der Waals surface area contributed by atoms with Gasteiger partial charge < -0.3 is 4.90 Å². The Morgan fingerprint density at radius 2 is 2.50 bits per heavy atom. The van der Waals surface area contributed by atoms with Crippen LogP contribution in [-0.4, -0.2) is 31.3 Å². The molecule has 0 unspecified atom stereocenters. The second-order valence-corrected chi connectivity index (χ2v) is 1.88. The molecule has 0 fully saturated rings. The molecule has 1 rings (SSSR count). The lowest BCUT2D eigenvalue weighted by Gasteiger charge is -2.08. The molecule has 0 bridgehead atoms. The van der Waals surface area contributed by atoms with Crippen LogP contribution < -0.4 is 0 Å². The zero-order valence-electron chi connectivity index (χ0n) is 5.04. The predicted molar refractivity (Wildman–Crippen MR) is 35.1 cm³/mol. The Kier molecular flexibility index (Phi) is 1.67. The van der Waals surface area contributed by atoms with Gasteiger partial charge in [-0.15, -0.1) is 0 Å². The van der Waals surface area contributed by atoms with Crippen molar-refractivity contribution in [2.24, 2.45) is 4.99 Å². The maximum atomic E-state index is 4.07. The maximum absolute atomic E-state index is 4.07. The SMILES string of the molecule is CN1C=CC=NCC1. The minimum Gasteiger partial charge on any atom is -0.379 e. The van der Waals surface area contributed by atoms with Gasteiger partial charge in [0.15, 0.2) is 0 Å². The van der Waals surface area contributed by atoms with E-state index in [4.69, 9.17) is 0 Å². The van der Waals surface area contributed by atoms with E-state index in [2.05, 4.69) is 9.89 Å². The minimum atomic E-state index is 0.920. The molecule has 2 heteroatoms. The summed E-state index contributed by atoms with van der Waals surface area (Å²) in [6.07, 6.45) is 5.81. The van der Waals surface area contributed by atoms with Gasteiger partial charge in [0.05, 0.1) is 6.54 Å². The Bertz CT molecular complexity index is 116. The van der Waals surface area contributed by atoms with Crippen molar-refractivity contribution in [3.05, 3.63) is 12.3 Å². The third-order valence-corrected chi connectivity index (χ3v) is 1.11. The van der Waals surface area contributed by atoms with Gasteiger partial charge in [0.1, 0.15) is 0 Å². The van der Waals surface area contributed by atoms with Gasteiger partial charge in [0.2, 0.25) is 0 Å². The Balaban J connectivity index is 2.46. The van der Waals surface area contributed by atoms with Crippen LogP contribution in [-0.2, 0) is 0 Å². The van der Waals surface area contributed by atoms with Crippen molar-refractivity contribution < 1.29 is 0 Å². The summed E-state index contributed by atoms with van der Waals surface area (Å²) < 4.78 is 0. The van der Waals surface area contributed by atoms with Crippen LogP contribution in [0.15, 0.2) is 17.3 Å². The molecule has 0 saturated carbocycles. The Hall–Kier alpha value is -0.790. The van der Waals surface area contributed by atoms with Gasteiger partial charge in [0.25, 0.3) is 0 Å². The van der Waals surface area contributed by atoms with Gasteiger partial charge in [0, 0.05) is 26.0 Å².